The summed E-state index contributed by atoms with van der Waals surface area (Å²) in [6, 6.07) is 2.27. The smallest absolute Gasteiger partial charge is 0.0980 e. The van der Waals surface area contributed by atoms with Crippen molar-refractivity contribution in [3.05, 3.63) is 0 Å². The Bertz CT molecular complexity index is 147. The van der Waals surface area contributed by atoms with Crippen molar-refractivity contribution in [1.29, 1.82) is 5.26 Å². The van der Waals surface area contributed by atoms with Gasteiger partial charge in [-0.3, -0.25) is 0 Å². The second-order valence-electron chi connectivity index (χ2n) is 2.85. The van der Waals surface area contributed by atoms with Crippen LogP contribution in [0.25, 0.3) is 0 Å². The molecule has 3 heteroatoms. The third-order valence-electron chi connectivity index (χ3n) is 2.19. The zero-order valence-corrected chi connectivity index (χ0v) is 6.84. The monoisotopic (exact) mass is 154 g/mol. The van der Waals surface area contributed by atoms with E-state index in [1.807, 2.05) is 7.05 Å². The summed E-state index contributed by atoms with van der Waals surface area (Å²) in [5, 5.41) is 11.7. The van der Waals surface area contributed by atoms with Crippen molar-refractivity contribution < 1.29 is 4.74 Å². The molecule has 0 aromatic rings. The lowest BCUT2D eigenvalue weighted by atomic mass is 9.93. The van der Waals surface area contributed by atoms with Gasteiger partial charge in [-0.05, 0) is 25.8 Å². The third kappa shape index (κ3) is 2.18. The van der Waals surface area contributed by atoms with Crippen LogP contribution in [0.4, 0.5) is 0 Å². The molecular weight excluding hydrogens is 140 g/mol. The van der Waals surface area contributed by atoms with Gasteiger partial charge in [0.05, 0.1) is 12.1 Å². The molecule has 1 atom stereocenters. The van der Waals surface area contributed by atoms with E-state index >= 15 is 0 Å². The first-order valence-corrected chi connectivity index (χ1v) is 4.03. The lowest BCUT2D eigenvalue weighted by molar-refractivity contribution is 0.0607. The molecule has 0 radical (unpaired) electrons. The molecule has 0 aromatic heterocycles. The van der Waals surface area contributed by atoms with E-state index in [0.717, 1.165) is 26.1 Å². The fourth-order valence-corrected chi connectivity index (χ4v) is 1.45. The average molecular weight is 154 g/mol. The lowest BCUT2D eigenvalue weighted by Gasteiger charge is -2.25. The fourth-order valence-electron chi connectivity index (χ4n) is 1.45. The van der Waals surface area contributed by atoms with Crippen molar-refractivity contribution in [3.63, 3.8) is 0 Å². The van der Waals surface area contributed by atoms with E-state index in [4.69, 9.17) is 10.00 Å². The van der Waals surface area contributed by atoms with E-state index in [0.29, 0.717) is 5.92 Å². The number of ether oxygens (including phenoxy) is 1. The minimum atomic E-state index is 0.0129. The second-order valence-corrected chi connectivity index (χ2v) is 2.85. The molecule has 0 saturated carbocycles. The highest BCUT2D eigenvalue weighted by Crippen LogP contribution is 2.17. The Morgan fingerprint density at radius 3 is 2.64 bits per heavy atom. The van der Waals surface area contributed by atoms with Crippen LogP contribution in [-0.2, 0) is 4.74 Å². The van der Waals surface area contributed by atoms with Crippen LogP contribution in [0.2, 0.25) is 0 Å². The molecule has 0 aromatic carbocycles. The van der Waals surface area contributed by atoms with Crippen LogP contribution in [0.3, 0.4) is 0 Å². The van der Waals surface area contributed by atoms with Crippen LogP contribution in [0.15, 0.2) is 0 Å². The highest BCUT2D eigenvalue weighted by atomic mass is 16.5. The maximum absolute atomic E-state index is 8.72. The number of hydrogen-bond donors (Lipinski definition) is 1. The third-order valence-corrected chi connectivity index (χ3v) is 2.19. The number of nitrogens with zero attached hydrogens (tertiary/aromatic N) is 1. The van der Waals surface area contributed by atoms with Gasteiger partial charge in [-0.1, -0.05) is 0 Å². The molecule has 0 bridgehead atoms. The molecule has 1 fully saturated rings. The molecule has 62 valence electrons. The Labute approximate surface area is 67.3 Å². The summed E-state index contributed by atoms with van der Waals surface area (Å²) in [6.45, 7) is 1.62. The van der Waals surface area contributed by atoms with Crippen LogP contribution in [-0.4, -0.2) is 26.3 Å². The molecule has 1 saturated heterocycles. The van der Waals surface area contributed by atoms with E-state index < -0.39 is 0 Å². The molecule has 11 heavy (non-hydrogen) atoms. The SMILES string of the molecule is CNC(C#N)C1CCOCC1. The first-order valence-electron chi connectivity index (χ1n) is 4.03. The Kier molecular flexibility index (Phi) is 3.34. The molecule has 1 aliphatic rings. The largest absolute Gasteiger partial charge is 0.381 e. The predicted octanol–water partition coefficient (Wildman–Crippen LogP) is 0.525. The number of rotatable bonds is 2. The van der Waals surface area contributed by atoms with E-state index in [9.17, 15) is 0 Å². The summed E-state index contributed by atoms with van der Waals surface area (Å²) < 4.78 is 5.20. The molecule has 3 nitrogen and oxygen atoms in total. The highest BCUT2D eigenvalue weighted by Gasteiger charge is 2.21. The van der Waals surface area contributed by atoms with E-state index in [1.54, 1.807) is 0 Å². The highest BCUT2D eigenvalue weighted by molar-refractivity contribution is 4.94. The van der Waals surface area contributed by atoms with Gasteiger partial charge < -0.3 is 10.1 Å². The lowest BCUT2D eigenvalue weighted by Crippen LogP contribution is -2.35. The van der Waals surface area contributed by atoms with Crippen LogP contribution in [0.1, 0.15) is 12.8 Å². The van der Waals surface area contributed by atoms with Crippen LogP contribution in [0.5, 0.6) is 0 Å². The zero-order valence-electron chi connectivity index (χ0n) is 6.84. The van der Waals surface area contributed by atoms with Crippen molar-refractivity contribution in [2.75, 3.05) is 20.3 Å². The molecule has 1 N–H and O–H groups in total. The van der Waals surface area contributed by atoms with Crippen molar-refractivity contribution >= 4 is 0 Å². The van der Waals surface area contributed by atoms with Gasteiger partial charge in [-0.25, -0.2) is 0 Å². The first-order chi connectivity index (χ1) is 5.38. The standard InChI is InChI=1S/C8H14N2O/c1-10-8(6-9)7-2-4-11-5-3-7/h7-8,10H,2-5H2,1H3. The summed E-state index contributed by atoms with van der Waals surface area (Å²) in [7, 11) is 1.84. The number of nitriles is 1. The molecule has 1 rings (SSSR count). The predicted molar refractivity (Wildman–Crippen MR) is 42.0 cm³/mol. The quantitative estimate of drug-likeness (QED) is 0.631. The van der Waals surface area contributed by atoms with Gasteiger partial charge in [0.25, 0.3) is 0 Å². The Hall–Kier alpha value is -0.590. The summed E-state index contributed by atoms with van der Waals surface area (Å²) in [5.41, 5.74) is 0. The minimum Gasteiger partial charge on any atom is -0.381 e. The van der Waals surface area contributed by atoms with Gasteiger partial charge >= 0.3 is 0 Å². The fraction of sp³-hybridized carbons (Fsp3) is 0.875. The minimum absolute atomic E-state index is 0.0129. The molecule has 0 amide bonds. The average Bonchev–Trinajstić information content (AvgIpc) is 2.09. The number of nitrogens with one attached hydrogen (secondary N) is 1. The topological polar surface area (TPSA) is 45.0 Å². The van der Waals surface area contributed by atoms with Crippen molar-refractivity contribution in [2.45, 2.75) is 18.9 Å². The van der Waals surface area contributed by atoms with Gasteiger partial charge in [-0.15, -0.1) is 0 Å². The van der Waals surface area contributed by atoms with Crippen molar-refractivity contribution in [2.24, 2.45) is 5.92 Å². The maximum Gasteiger partial charge on any atom is 0.0980 e. The van der Waals surface area contributed by atoms with Gasteiger partial charge in [0.15, 0.2) is 0 Å². The molecule has 1 heterocycles. The van der Waals surface area contributed by atoms with E-state index in [1.165, 1.54) is 0 Å². The van der Waals surface area contributed by atoms with Crippen LogP contribution < -0.4 is 5.32 Å². The Morgan fingerprint density at radius 1 is 1.55 bits per heavy atom. The Morgan fingerprint density at radius 2 is 2.18 bits per heavy atom. The molecular formula is C8H14N2O. The number of hydrogen-bond acceptors (Lipinski definition) is 3. The summed E-state index contributed by atoms with van der Waals surface area (Å²) in [5.74, 6) is 0.485. The van der Waals surface area contributed by atoms with E-state index in [-0.39, 0.29) is 6.04 Å². The summed E-state index contributed by atoms with van der Waals surface area (Å²) in [4.78, 5) is 0. The van der Waals surface area contributed by atoms with Crippen molar-refractivity contribution in [3.8, 4) is 6.07 Å². The van der Waals surface area contributed by atoms with Gasteiger partial charge in [0, 0.05) is 13.2 Å². The second kappa shape index (κ2) is 4.32. The van der Waals surface area contributed by atoms with Crippen LogP contribution >= 0.6 is 0 Å². The normalized spacial score (nSPS) is 22.5. The maximum atomic E-state index is 8.72. The molecule has 1 unspecified atom stereocenters. The van der Waals surface area contributed by atoms with E-state index in [2.05, 4.69) is 11.4 Å². The zero-order chi connectivity index (χ0) is 8.10. The molecule has 0 spiro atoms. The first kappa shape index (κ1) is 8.51. The Balaban J connectivity index is 2.38. The van der Waals surface area contributed by atoms with Gasteiger partial charge in [-0.2, -0.15) is 5.26 Å². The summed E-state index contributed by atoms with van der Waals surface area (Å²) in [6.07, 6.45) is 2.03. The van der Waals surface area contributed by atoms with Gasteiger partial charge in [0.1, 0.15) is 0 Å². The molecule has 0 aliphatic carbocycles. The van der Waals surface area contributed by atoms with Crippen molar-refractivity contribution in [1.82, 2.24) is 5.32 Å². The van der Waals surface area contributed by atoms with Gasteiger partial charge in [0.2, 0.25) is 0 Å². The molecule has 1 aliphatic heterocycles. The van der Waals surface area contributed by atoms with Crippen LogP contribution in [0, 0.1) is 17.2 Å². The summed E-state index contributed by atoms with van der Waals surface area (Å²) >= 11 is 0.